The van der Waals surface area contributed by atoms with Gasteiger partial charge in [-0.05, 0) is 30.5 Å². The van der Waals surface area contributed by atoms with Crippen LogP contribution < -0.4 is 5.43 Å². The molecule has 0 spiro atoms. The molecular formula is C13H13NO. The highest BCUT2D eigenvalue weighted by Gasteiger charge is 2.02. The SMILES string of the molecule is Cc1ccc(-c2c[nH]ccc2=O)cc1C. The number of hydrogen-bond acceptors (Lipinski definition) is 1. The van der Waals surface area contributed by atoms with Crippen molar-refractivity contribution in [3.63, 3.8) is 0 Å². The molecule has 0 aliphatic carbocycles. The third kappa shape index (κ3) is 1.84. The van der Waals surface area contributed by atoms with Gasteiger partial charge in [-0.3, -0.25) is 4.79 Å². The summed E-state index contributed by atoms with van der Waals surface area (Å²) in [6.07, 6.45) is 3.39. The maximum absolute atomic E-state index is 11.6. The van der Waals surface area contributed by atoms with Crippen molar-refractivity contribution in [1.29, 1.82) is 0 Å². The molecule has 0 bridgehead atoms. The standard InChI is InChI=1S/C13H13NO/c1-9-3-4-11(7-10(9)2)12-8-14-6-5-13(12)15/h3-8H,1-2H3,(H,14,15). The highest BCUT2D eigenvalue weighted by Crippen LogP contribution is 2.18. The van der Waals surface area contributed by atoms with Crippen LogP contribution >= 0.6 is 0 Å². The first-order valence-electron chi connectivity index (χ1n) is 4.93. The highest BCUT2D eigenvalue weighted by molar-refractivity contribution is 5.63. The van der Waals surface area contributed by atoms with E-state index in [0.29, 0.717) is 0 Å². The minimum Gasteiger partial charge on any atom is -0.367 e. The van der Waals surface area contributed by atoms with Crippen molar-refractivity contribution >= 4 is 0 Å². The highest BCUT2D eigenvalue weighted by atomic mass is 16.1. The molecule has 0 radical (unpaired) electrons. The zero-order valence-corrected chi connectivity index (χ0v) is 8.87. The van der Waals surface area contributed by atoms with Crippen LogP contribution in [0.5, 0.6) is 0 Å². The van der Waals surface area contributed by atoms with Crippen molar-refractivity contribution in [2.75, 3.05) is 0 Å². The first-order chi connectivity index (χ1) is 7.18. The molecule has 2 heteroatoms. The van der Waals surface area contributed by atoms with Gasteiger partial charge >= 0.3 is 0 Å². The van der Waals surface area contributed by atoms with Crippen LogP contribution in [0.4, 0.5) is 0 Å². The molecule has 1 N–H and O–H groups in total. The summed E-state index contributed by atoms with van der Waals surface area (Å²) in [5.74, 6) is 0. The van der Waals surface area contributed by atoms with Crippen molar-refractivity contribution in [2.24, 2.45) is 0 Å². The van der Waals surface area contributed by atoms with Crippen LogP contribution in [0.3, 0.4) is 0 Å². The van der Waals surface area contributed by atoms with Crippen LogP contribution in [0.25, 0.3) is 11.1 Å². The number of H-pyrrole nitrogens is 1. The van der Waals surface area contributed by atoms with Gasteiger partial charge in [-0.25, -0.2) is 0 Å². The fraction of sp³-hybridized carbons (Fsp3) is 0.154. The van der Waals surface area contributed by atoms with Gasteiger partial charge in [-0.1, -0.05) is 18.2 Å². The van der Waals surface area contributed by atoms with Gasteiger partial charge in [-0.15, -0.1) is 0 Å². The molecule has 15 heavy (non-hydrogen) atoms. The van der Waals surface area contributed by atoms with E-state index >= 15 is 0 Å². The molecule has 0 amide bonds. The van der Waals surface area contributed by atoms with Crippen molar-refractivity contribution < 1.29 is 0 Å². The third-order valence-electron chi connectivity index (χ3n) is 2.64. The van der Waals surface area contributed by atoms with Crippen molar-refractivity contribution in [1.82, 2.24) is 4.98 Å². The molecule has 1 aromatic carbocycles. The lowest BCUT2D eigenvalue weighted by atomic mass is 10.0. The summed E-state index contributed by atoms with van der Waals surface area (Å²) < 4.78 is 0. The molecule has 0 aliphatic heterocycles. The minimum atomic E-state index is 0.0528. The Hall–Kier alpha value is -1.83. The van der Waals surface area contributed by atoms with Gasteiger partial charge in [0.15, 0.2) is 5.43 Å². The van der Waals surface area contributed by atoms with Gasteiger partial charge in [0.25, 0.3) is 0 Å². The number of aromatic nitrogens is 1. The molecule has 1 heterocycles. The molecule has 0 aliphatic rings. The van der Waals surface area contributed by atoms with Gasteiger partial charge in [0, 0.05) is 24.0 Å². The smallest absolute Gasteiger partial charge is 0.189 e. The normalized spacial score (nSPS) is 10.3. The number of pyridine rings is 1. The van der Waals surface area contributed by atoms with Crippen LogP contribution in [0.1, 0.15) is 11.1 Å². The zero-order chi connectivity index (χ0) is 10.8. The lowest BCUT2D eigenvalue weighted by Gasteiger charge is -2.04. The average molecular weight is 199 g/mol. The Morgan fingerprint density at radius 1 is 1.07 bits per heavy atom. The van der Waals surface area contributed by atoms with E-state index in [4.69, 9.17) is 0 Å². The van der Waals surface area contributed by atoms with E-state index in [1.165, 1.54) is 11.1 Å². The van der Waals surface area contributed by atoms with Crippen molar-refractivity contribution in [2.45, 2.75) is 13.8 Å². The summed E-state index contributed by atoms with van der Waals surface area (Å²) in [6.45, 7) is 4.12. The van der Waals surface area contributed by atoms with Crippen LogP contribution in [0, 0.1) is 13.8 Å². The molecule has 0 atom stereocenters. The van der Waals surface area contributed by atoms with E-state index < -0.39 is 0 Å². The lowest BCUT2D eigenvalue weighted by Crippen LogP contribution is -2.02. The number of nitrogens with one attached hydrogen (secondary N) is 1. The van der Waals surface area contributed by atoms with Gasteiger partial charge in [0.05, 0.1) is 0 Å². The minimum absolute atomic E-state index is 0.0528. The second-order valence-electron chi connectivity index (χ2n) is 3.72. The first kappa shape index (κ1) is 9.71. The Kier molecular flexibility index (Phi) is 2.42. The van der Waals surface area contributed by atoms with Gasteiger partial charge in [0.2, 0.25) is 0 Å². The molecule has 0 fully saturated rings. The number of aromatic amines is 1. The van der Waals surface area contributed by atoms with Crippen LogP contribution in [0.2, 0.25) is 0 Å². The second-order valence-corrected chi connectivity index (χ2v) is 3.72. The molecule has 0 unspecified atom stereocenters. The van der Waals surface area contributed by atoms with E-state index in [0.717, 1.165) is 11.1 Å². The summed E-state index contributed by atoms with van der Waals surface area (Å²) in [6, 6.07) is 7.61. The molecule has 2 nitrogen and oxygen atoms in total. The van der Waals surface area contributed by atoms with E-state index in [2.05, 4.69) is 18.8 Å². The Bertz CT molecular complexity index is 540. The Labute approximate surface area is 88.6 Å². The lowest BCUT2D eigenvalue weighted by molar-refractivity contribution is 1.29. The largest absolute Gasteiger partial charge is 0.367 e. The molecule has 2 rings (SSSR count). The maximum atomic E-state index is 11.6. The second kappa shape index (κ2) is 3.73. The molecule has 0 saturated heterocycles. The van der Waals surface area contributed by atoms with Crippen molar-refractivity contribution in [3.8, 4) is 11.1 Å². The molecule has 76 valence electrons. The molecular weight excluding hydrogens is 186 g/mol. The van der Waals surface area contributed by atoms with Crippen LogP contribution in [-0.4, -0.2) is 4.98 Å². The Morgan fingerprint density at radius 2 is 1.87 bits per heavy atom. The zero-order valence-electron chi connectivity index (χ0n) is 8.87. The monoisotopic (exact) mass is 199 g/mol. The Morgan fingerprint density at radius 3 is 2.53 bits per heavy atom. The number of rotatable bonds is 1. The summed E-state index contributed by atoms with van der Waals surface area (Å²) in [5, 5.41) is 0. The third-order valence-corrected chi connectivity index (χ3v) is 2.64. The van der Waals surface area contributed by atoms with Gasteiger partial charge in [0.1, 0.15) is 0 Å². The average Bonchev–Trinajstić information content (AvgIpc) is 2.23. The summed E-state index contributed by atoms with van der Waals surface area (Å²) in [7, 11) is 0. The van der Waals surface area contributed by atoms with E-state index in [9.17, 15) is 4.79 Å². The number of benzene rings is 1. The first-order valence-corrected chi connectivity index (χ1v) is 4.93. The van der Waals surface area contributed by atoms with Crippen molar-refractivity contribution in [3.05, 3.63) is 58.0 Å². The predicted molar refractivity (Wildman–Crippen MR) is 62.0 cm³/mol. The number of hydrogen-bond donors (Lipinski definition) is 1. The fourth-order valence-corrected chi connectivity index (χ4v) is 1.55. The molecule has 0 saturated carbocycles. The maximum Gasteiger partial charge on any atom is 0.189 e. The van der Waals surface area contributed by atoms with Gasteiger partial charge < -0.3 is 4.98 Å². The van der Waals surface area contributed by atoms with E-state index in [1.54, 1.807) is 18.5 Å². The number of aryl methyl sites for hydroxylation is 2. The molecule has 2 aromatic rings. The van der Waals surface area contributed by atoms with Crippen LogP contribution in [0.15, 0.2) is 41.5 Å². The summed E-state index contributed by atoms with van der Waals surface area (Å²) in [4.78, 5) is 14.5. The summed E-state index contributed by atoms with van der Waals surface area (Å²) in [5.41, 5.74) is 4.19. The van der Waals surface area contributed by atoms with E-state index in [1.807, 2.05) is 18.2 Å². The van der Waals surface area contributed by atoms with Crippen LogP contribution in [-0.2, 0) is 0 Å². The summed E-state index contributed by atoms with van der Waals surface area (Å²) >= 11 is 0. The van der Waals surface area contributed by atoms with Gasteiger partial charge in [-0.2, -0.15) is 0 Å². The van der Waals surface area contributed by atoms with E-state index in [-0.39, 0.29) is 5.43 Å². The quantitative estimate of drug-likeness (QED) is 0.752. The molecule has 1 aromatic heterocycles. The predicted octanol–water partition coefficient (Wildman–Crippen LogP) is 2.66. The Balaban J connectivity index is 2.60. The topological polar surface area (TPSA) is 32.9 Å². The fourth-order valence-electron chi connectivity index (χ4n) is 1.55.